The summed E-state index contributed by atoms with van der Waals surface area (Å²) in [4.78, 5) is 9.06. The van der Waals surface area contributed by atoms with Gasteiger partial charge in [0.1, 0.15) is 24.4 Å². The number of aryl methyl sites for hydroxylation is 2. The first kappa shape index (κ1) is 16.5. The van der Waals surface area contributed by atoms with Crippen LogP contribution in [0.5, 0.6) is 5.75 Å². The zero-order valence-electron chi connectivity index (χ0n) is 15.6. The van der Waals surface area contributed by atoms with Gasteiger partial charge in [0.25, 0.3) is 0 Å². The smallest absolute Gasteiger partial charge is 0.217 e. The molecule has 0 fully saturated rings. The van der Waals surface area contributed by atoms with Gasteiger partial charge in [0.2, 0.25) is 5.82 Å². The topological polar surface area (TPSA) is 65.5 Å². The van der Waals surface area contributed by atoms with Crippen LogP contribution in [0.15, 0.2) is 65.3 Å². The number of benzene rings is 2. The van der Waals surface area contributed by atoms with Crippen LogP contribution in [0.1, 0.15) is 16.9 Å². The van der Waals surface area contributed by atoms with E-state index in [0.29, 0.717) is 18.2 Å². The number of ether oxygens (including phenoxy) is 1. The molecule has 0 radical (unpaired) electrons. The van der Waals surface area contributed by atoms with E-state index >= 15 is 0 Å². The third-order valence-corrected chi connectivity index (χ3v) is 4.68. The molecular formula is C22H18N4O2. The van der Waals surface area contributed by atoms with Gasteiger partial charge in [-0.05, 0) is 55.3 Å². The van der Waals surface area contributed by atoms with Crippen molar-refractivity contribution in [2.45, 2.75) is 20.5 Å². The van der Waals surface area contributed by atoms with Crippen molar-refractivity contribution in [3.8, 4) is 17.3 Å². The zero-order valence-corrected chi connectivity index (χ0v) is 15.6. The molecule has 5 rings (SSSR count). The van der Waals surface area contributed by atoms with Crippen molar-refractivity contribution in [2.75, 3.05) is 0 Å². The third kappa shape index (κ3) is 2.89. The maximum atomic E-state index is 5.92. The highest BCUT2D eigenvalue weighted by molar-refractivity contribution is 5.91. The maximum absolute atomic E-state index is 5.92. The fourth-order valence-corrected chi connectivity index (χ4v) is 3.17. The summed E-state index contributed by atoms with van der Waals surface area (Å²) >= 11 is 0. The van der Waals surface area contributed by atoms with Gasteiger partial charge in [-0.1, -0.05) is 24.3 Å². The molecule has 6 nitrogen and oxygen atoms in total. The summed E-state index contributed by atoms with van der Waals surface area (Å²) in [5.41, 5.74) is 3.90. The van der Waals surface area contributed by atoms with E-state index in [4.69, 9.17) is 9.15 Å². The molecule has 0 aliphatic rings. The highest BCUT2D eigenvalue weighted by atomic mass is 16.5. The molecule has 138 valence electrons. The monoisotopic (exact) mass is 370 g/mol. The van der Waals surface area contributed by atoms with Crippen LogP contribution in [0.25, 0.3) is 28.1 Å². The Bertz CT molecular complexity index is 1300. The summed E-state index contributed by atoms with van der Waals surface area (Å²) < 4.78 is 13.5. The van der Waals surface area contributed by atoms with E-state index in [1.165, 1.54) is 0 Å². The largest absolute Gasteiger partial charge is 0.485 e. The number of para-hydroxylation sites is 1. The van der Waals surface area contributed by atoms with E-state index in [1.54, 1.807) is 10.8 Å². The van der Waals surface area contributed by atoms with Crippen LogP contribution < -0.4 is 4.74 Å². The van der Waals surface area contributed by atoms with Gasteiger partial charge < -0.3 is 9.15 Å². The molecule has 0 bridgehead atoms. The summed E-state index contributed by atoms with van der Waals surface area (Å²) in [5, 5.41) is 5.45. The Hall–Kier alpha value is -3.67. The van der Waals surface area contributed by atoms with Crippen LogP contribution in [0.2, 0.25) is 0 Å². The van der Waals surface area contributed by atoms with Gasteiger partial charge in [0.05, 0.1) is 5.52 Å². The van der Waals surface area contributed by atoms with Gasteiger partial charge in [-0.25, -0.2) is 14.5 Å². The number of nitrogens with zero attached hydrogens (tertiary/aromatic N) is 4. The van der Waals surface area contributed by atoms with E-state index in [0.717, 1.165) is 39.2 Å². The highest BCUT2D eigenvalue weighted by Crippen LogP contribution is 2.24. The fraction of sp³-hybridized carbons (Fsp3) is 0.136. The van der Waals surface area contributed by atoms with Gasteiger partial charge >= 0.3 is 0 Å². The molecule has 0 saturated heterocycles. The normalized spacial score (nSPS) is 11.4. The van der Waals surface area contributed by atoms with Crippen molar-refractivity contribution in [3.63, 3.8) is 0 Å². The molecule has 0 amide bonds. The number of hydrogen-bond acceptors (Lipinski definition) is 5. The lowest BCUT2D eigenvalue weighted by Crippen LogP contribution is -1.96. The number of aromatic nitrogens is 4. The lowest BCUT2D eigenvalue weighted by Gasteiger charge is -2.08. The predicted octanol–water partition coefficient (Wildman–Crippen LogP) is 4.73. The summed E-state index contributed by atoms with van der Waals surface area (Å²) in [6.45, 7) is 4.42. The van der Waals surface area contributed by atoms with Crippen molar-refractivity contribution in [1.82, 2.24) is 19.6 Å². The summed E-state index contributed by atoms with van der Waals surface area (Å²) in [6.07, 6.45) is 1.67. The standard InChI is InChI=1S/C22H18N4O2/c1-14-7-8-15(2)20(11-14)27-12-16-9-10-19(28-16)21-24-22-17-5-3-4-6-18(17)23-13-26(22)25-21/h3-11,13H,12H2,1-2H3. The van der Waals surface area contributed by atoms with Crippen LogP contribution in [0.3, 0.4) is 0 Å². The van der Waals surface area contributed by atoms with E-state index in [9.17, 15) is 0 Å². The van der Waals surface area contributed by atoms with Crippen molar-refractivity contribution < 1.29 is 9.15 Å². The quantitative estimate of drug-likeness (QED) is 0.457. The minimum Gasteiger partial charge on any atom is -0.485 e. The zero-order chi connectivity index (χ0) is 19.1. The molecule has 0 aliphatic heterocycles. The molecule has 28 heavy (non-hydrogen) atoms. The Morgan fingerprint density at radius 1 is 1.04 bits per heavy atom. The van der Waals surface area contributed by atoms with Crippen LogP contribution in [0, 0.1) is 13.8 Å². The second-order valence-corrected chi connectivity index (χ2v) is 6.79. The Labute approximate surface area is 161 Å². The van der Waals surface area contributed by atoms with E-state index in [1.807, 2.05) is 56.3 Å². The molecule has 0 unspecified atom stereocenters. The van der Waals surface area contributed by atoms with E-state index in [2.05, 4.69) is 27.2 Å². The Morgan fingerprint density at radius 3 is 2.86 bits per heavy atom. The van der Waals surface area contributed by atoms with E-state index < -0.39 is 0 Å². The van der Waals surface area contributed by atoms with Crippen molar-refractivity contribution in [2.24, 2.45) is 0 Å². The van der Waals surface area contributed by atoms with Crippen LogP contribution in [-0.2, 0) is 6.61 Å². The Balaban J connectivity index is 1.43. The van der Waals surface area contributed by atoms with Gasteiger partial charge in [-0.15, -0.1) is 5.10 Å². The highest BCUT2D eigenvalue weighted by Gasteiger charge is 2.13. The summed E-state index contributed by atoms with van der Waals surface area (Å²) in [7, 11) is 0. The first-order valence-electron chi connectivity index (χ1n) is 9.07. The second-order valence-electron chi connectivity index (χ2n) is 6.79. The van der Waals surface area contributed by atoms with E-state index in [-0.39, 0.29) is 0 Å². The SMILES string of the molecule is Cc1ccc(C)c(OCc2ccc(-c3nc4c5ccccc5ncn4n3)o2)c1. The molecule has 0 spiro atoms. The first-order valence-corrected chi connectivity index (χ1v) is 9.07. The summed E-state index contributed by atoms with van der Waals surface area (Å²) in [5.74, 6) is 2.71. The van der Waals surface area contributed by atoms with Gasteiger partial charge in [0.15, 0.2) is 11.4 Å². The molecule has 0 aliphatic carbocycles. The van der Waals surface area contributed by atoms with Crippen LogP contribution in [-0.4, -0.2) is 19.6 Å². The molecule has 0 saturated carbocycles. The van der Waals surface area contributed by atoms with Gasteiger partial charge in [-0.2, -0.15) is 0 Å². The molecule has 0 atom stereocenters. The Kier molecular flexibility index (Phi) is 3.83. The minimum atomic E-state index is 0.349. The lowest BCUT2D eigenvalue weighted by atomic mass is 10.1. The van der Waals surface area contributed by atoms with Crippen LogP contribution in [0.4, 0.5) is 0 Å². The first-order chi connectivity index (χ1) is 13.7. The average molecular weight is 370 g/mol. The number of hydrogen-bond donors (Lipinski definition) is 0. The molecule has 3 aromatic heterocycles. The summed E-state index contributed by atoms with van der Waals surface area (Å²) in [6, 6.07) is 17.8. The van der Waals surface area contributed by atoms with Crippen molar-refractivity contribution in [1.29, 1.82) is 0 Å². The third-order valence-electron chi connectivity index (χ3n) is 4.68. The van der Waals surface area contributed by atoms with Gasteiger partial charge in [-0.3, -0.25) is 0 Å². The maximum Gasteiger partial charge on any atom is 0.217 e. The average Bonchev–Trinajstić information content (AvgIpc) is 3.35. The van der Waals surface area contributed by atoms with Crippen molar-refractivity contribution >= 4 is 16.6 Å². The number of fused-ring (bicyclic) bond motifs is 3. The number of furan rings is 1. The molecule has 0 N–H and O–H groups in total. The molecule has 2 aromatic carbocycles. The fourth-order valence-electron chi connectivity index (χ4n) is 3.17. The predicted molar refractivity (Wildman–Crippen MR) is 106 cm³/mol. The van der Waals surface area contributed by atoms with Gasteiger partial charge in [0, 0.05) is 5.39 Å². The Morgan fingerprint density at radius 2 is 1.93 bits per heavy atom. The van der Waals surface area contributed by atoms with Crippen molar-refractivity contribution in [3.05, 3.63) is 77.8 Å². The minimum absolute atomic E-state index is 0.349. The molecule has 3 heterocycles. The molecule has 5 aromatic rings. The lowest BCUT2D eigenvalue weighted by molar-refractivity contribution is 0.270. The van der Waals surface area contributed by atoms with Crippen LogP contribution >= 0.6 is 0 Å². The second kappa shape index (κ2) is 6.49. The molecular weight excluding hydrogens is 352 g/mol. The number of rotatable bonds is 4. The molecule has 6 heteroatoms.